The van der Waals surface area contributed by atoms with Gasteiger partial charge in [0.25, 0.3) is 0 Å². The summed E-state index contributed by atoms with van der Waals surface area (Å²) in [6, 6.07) is 58.4. The summed E-state index contributed by atoms with van der Waals surface area (Å²) in [6.07, 6.45) is 52.0. The van der Waals surface area contributed by atoms with Crippen molar-refractivity contribution in [1.29, 1.82) is 0 Å². The molecule has 0 unspecified atom stereocenters. The first-order valence-electron chi connectivity index (χ1n) is 41.9. The van der Waals surface area contributed by atoms with Crippen LogP contribution >= 0.6 is 0 Å². The predicted octanol–water partition coefficient (Wildman–Crippen LogP) is 22.1. The first-order chi connectivity index (χ1) is 51.5. The van der Waals surface area contributed by atoms with E-state index >= 15 is 0 Å². The van der Waals surface area contributed by atoms with E-state index in [9.17, 15) is 0 Å². The van der Waals surface area contributed by atoms with Gasteiger partial charge in [-0.05, 0) is 266 Å². The van der Waals surface area contributed by atoms with Crippen molar-refractivity contribution in [2.24, 2.45) is 40.7 Å². The standard InChI is InChI=1S/C21H26N.4C20H24N.CH4/c1-16-8-4-5-9-18(16)19-11-10-17-12-15-21(20(17)22(19)2)13-6-3-7-14-21;1-15-7-3-4-8-17(15)19-18-16(10-14-21(19)2)9-13-20(18)11-5-6-12-20;1-15-7-3-4-8-16(15)19-17-9-13-20(11-5-6-12-20)18(17)10-14-21(19)2;1-15-7-3-4-8-17(15)19-13-18-16(14-21(19)2)9-12-20(18)10-5-6-11-20;1-15-7-3-4-8-17(15)19-18-14-20(10-5-6-11-20)13-16(18)9-12-21(19)2;/h4-5,8-11H,3,6-7,12-15H2,1-2H3;2*3-4,7-8,10,14H,5-6,9,11-13H2,1-2H3;3-4,7-8,13-14H,5-6,9-12H2,1-2H3;3-4,7-9,12H,5-6,10-11,13-14H2,1-2H3;1H4/q5*+1;. The number of pyridine rings is 5. The fourth-order valence-corrected chi connectivity index (χ4v) is 23.6. The minimum atomic E-state index is 0. The van der Waals surface area contributed by atoms with Gasteiger partial charge >= 0.3 is 0 Å². The molecule has 0 atom stereocenters. The third-order valence-corrected chi connectivity index (χ3v) is 29.1. The van der Waals surface area contributed by atoms with Gasteiger partial charge in [0.1, 0.15) is 35.2 Å². The first-order valence-corrected chi connectivity index (χ1v) is 41.9. The summed E-state index contributed by atoms with van der Waals surface area (Å²) in [5.74, 6) is 0. The van der Waals surface area contributed by atoms with E-state index in [1.165, 1.54) is 283 Å². The highest BCUT2D eigenvalue weighted by molar-refractivity contribution is 5.71. The SMILES string of the molecule is C.Cc1ccccc1-c1c2c(cc[n+]1C)C1(CCCC1)CC2.Cc1ccccc1-c1c2c(cc[n+]1C)CC1(CCCC1)C2.Cc1ccccc1-c1c2c(cc[n+]1C)CCC21CCCC1.Cc1ccccc1-c1cc2c(c[n+]1C)CCC21CCCC1.Cc1ccccc1-c1ccc2c([n+]1C)C1(CCCCC1)CC2. The molecule has 0 saturated heterocycles. The van der Waals surface area contributed by atoms with E-state index in [2.05, 4.69) is 275 Å². The average molecular weight is 1420 g/mol. The number of fused-ring (bicyclic) bond motifs is 9. The van der Waals surface area contributed by atoms with Gasteiger partial charge in [0.05, 0.1) is 5.41 Å². The van der Waals surface area contributed by atoms with Crippen LogP contribution < -0.4 is 22.8 Å². The Hall–Kier alpha value is -8.15. The molecule has 10 aromatic rings. The quantitative estimate of drug-likeness (QED) is 0.153. The summed E-state index contributed by atoms with van der Waals surface area (Å²) in [5, 5.41) is 0. The van der Waals surface area contributed by atoms with Crippen molar-refractivity contribution >= 4 is 0 Å². The Bertz CT molecular complexity index is 4890. The minimum Gasteiger partial charge on any atom is -0.201 e. The van der Waals surface area contributed by atoms with Crippen LogP contribution in [0, 0.1) is 40.0 Å². The van der Waals surface area contributed by atoms with Crippen LogP contribution in [-0.2, 0) is 95.4 Å². The summed E-state index contributed by atoms with van der Waals surface area (Å²) < 4.78 is 11.9. The molecule has 5 aromatic heterocycles. The van der Waals surface area contributed by atoms with Crippen molar-refractivity contribution in [2.45, 2.75) is 263 Å². The van der Waals surface area contributed by atoms with E-state index < -0.39 is 0 Å². The lowest BCUT2D eigenvalue weighted by atomic mass is 9.72. The molecule has 20 rings (SSSR count). The number of rotatable bonds is 5. The van der Waals surface area contributed by atoms with E-state index in [-0.39, 0.29) is 7.43 Å². The summed E-state index contributed by atoms with van der Waals surface area (Å²) >= 11 is 0. The molecule has 5 fully saturated rings. The Morgan fingerprint density at radius 3 is 1.25 bits per heavy atom. The highest BCUT2D eigenvalue weighted by atomic mass is 15.0. The number of aromatic nitrogens is 5. The van der Waals surface area contributed by atoms with Crippen LogP contribution in [0.4, 0.5) is 0 Å². The van der Waals surface area contributed by atoms with Crippen molar-refractivity contribution in [3.05, 3.63) is 266 Å². The molecule has 0 N–H and O–H groups in total. The van der Waals surface area contributed by atoms with Crippen LogP contribution in [0.1, 0.15) is 252 Å². The largest absolute Gasteiger partial charge is 0.216 e. The lowest BCUT2D eigenvalue weighted by molar-refractivity contribution is -0.672. The zero-order chi connectivity index (χ0) is 73.0. The maximum Gasteiger partial charge on any atom is 0.216 e. The topological polar surface area (TPSA) is 19.4 Å². The molecule has 5 saturated carbocycles. The molecule has 107 heavy (non-hydrogen) atoms. The van der Waals surface area contributed by atoms with E-state index in [0.29, 0.717) is 27.1 Å². The normalized spacial score (nSPS) is 19.0. The molecular formula is C102H126N5+5. The van der Waals surface area contributed by atoms with Gasteiger partial charge in [0.15, 0.2) is 30.5 Å². The van der Waals surface area contributed by atoms with Crippen molar-refractivity contribution in [3.63, 3.8) is 0 Å². The number of hydrogen-bond donors (Lipinski definition) is 0. The Kier molecular flexibility index (Phi) is 21.3. The van der Waals surface area contributed by atoms with Gasteiger partial charge in [-0.25, -0.2) is 18.3 Å². The van der Waals surface area contributed by atoms with E-state index in [1.54, 1.807) is 55.8 Å². The molecule has 5 heteroatoms. The fraction of sp³-hybridized carbons (Fsp3) is 0.461. The van der Waals surface area contributed by atoms with E-state index in [4.69, 9.17) is 0 Å². The van der Waals surface area contributed by atoms with Gasteiger partial charge in [-0.2, -0.15) is 4.57 Å². The summed E-state index contributed by atoms with van der Waals surface area (Å²) in [4.78, 5) is 0. The molecule has 0 radical (unpaired) electrons. The molecular weight excluding hydrogens is 1300 g/mol. The number of benzene rings is 5. The van der Waals surface area contributed by atoms with E-state index in [1.807, 2.05) is 0 Å². The maximum atomic E-state index is 2.52. The zero-order valence-corrected chi connectivity index (χ0v) is 66.5. The monoisotopic (exact) mass is 1420 g/mol. The Balaban J connectivity index is 0.000000107. The lowest BCUT2D eigenvalue weighted by Gasteiger charge is -2.31. The molecule has 10 aliphatic carbocycles. The molecule has 5 heterocycles. The number of hydrogen-bond acceptors (Lipinski definition) is 0. The molecule has 5 spiro atoms. The van der Waals surface area contributed by atoms with Crippen molar-refractivity contribution in [2.75, 3.05) is 0 Å². The number of aryl methyl sites for hydroxylation is 12. The van der Waals surface area contributed by atoms with Crippen LogP contribution in [0.5, 0.6) is 0 Å². The van der Waals surface area contributed by atoms with Crippen molar-refractivity contribution in [3.8, 4) is 56.3 Å². The van der Waals surface area contributed by atoms with Crippen LogP contribution in [0.25, 0.3) is 56.3 Å². The van der Waals surface area contributed by atoms with Crippen molar-refractivity contribution < 1.29 is 22.8 Å². The summed E-state index contributed by atoms with van der Waals surface area (Å²) in [5.41, 5.74) is 39.9. The number of nitrogens with zero attached hydrogens (tertiary/aromatic N) is 5. The molecule has 10 aliphatic rings. The second-order valence-electron chi connectivity index (χ2n) is 35.4. The molecule has 5 nitrogen and oxygen atoms in total. The molecule has 0 bridgehead atoms. The van der Waals surface area contributed by atoms with Gasteiger partial charge in [0.2, 0.25) is 28.5 Å². The molecule has 0 amide bonds. The fourth-order valence-electron chi connectivity index (χ4n) is 23.6. The Morgan fingerprint density at radius 2 is 0.692 bits per heavy atom. The Labute approximate surface area is 644 Å². The van der Waals surface area contributed by atoms with Gasteiger partial charge < -0.3 is 0 Å². The van der Waals surface area contributed by atoms with E-state index in [0.717, 1.165) is 0 Å². The lowest BCUT2D eigenvalue weighted by Crippen LogP contribution is -2.44. The van der Waals surface area contributed by atoms with Gasteiger partial charge in [-0.15, -0.1) is 0 Å². The molecule has 554 valence electrons. The van der Waals surface area contributed by atoms with Gasteiger partial charge in [-0.3, -0.25) is 0 Å². The second-order valence-corrected chi connectivity index (χ2v) is 35.4. The van der Waals surface area contributed by atoms with Crippen LogP contribution in [0.3, 0.4) is 0 Å². The predicted molar refractivity (Wildman–Crippen MR) is 442 cm³/mol. The Morgan fingerprint density at radius 1 is 0.290 bits per heavy atom. The van der Waals surface area contributed by atoms with Crippen LogP contribution in [0.2, 0.25) is 0 Å². The molecule has 0 aliphatic heterocycles. The van der Waals surface area contributed by atoms with Crippen LogP contribution in [-0.4, -0.2) is 0 Å². The summed E-state index contributed by atoms with van der Waals surface area (Å²) in [7, 11) is 11.1. The highest BCUT2D eigenvalue weighted by Crippen LogP contribution is 2.56. The summed E-state index contributed by atoms with van der Waals surface area (Å²) in [6.45, 7) is 11.1. The molecule has 5 aromatic carbocycles. The average Bonchev–Trinajstić information content (AvgIpc) is 1.67. The third-order valence-electron chi connectivity index (χ3n) is 29.1. The minimum absolute atomic E-state index is 0. The highest BCUT2D eigenvalue weighted by Gasteiger charge is 2.50. The third kappa shape index (κ3) is 13.8. The van der Waals surface area contributed by atoms with Gasteiger partial charge in [0, 0.05) is 91.4 Å². The first kappa shape index (κ1) is 74.3. The van der Waals surface area contributed by atoms with Crippen LogP contribution in [0.15, 0.2) is 183 Å². The van der Waals surface area contributed by atoms with Crippen molar-refractivity contribution in [1.82, 2.24) is 0 Å². The zero-order valence-electron chi connectivity index (χ0n) is 66.5. The smallest absolute Gasteiger partial charge is 0.201 e. The maximum absolute atomic E-state index is 2.52. The second kappa shape index (κ2) is 30.7. The van der Waals surface area contributed by atoms with Gasteiger partial charge in [-0.1, -0.05) is 169 Å².